The van der Waals surface area contributed by atoms with E-state index in [-0.39, 0.29) is 46.5 Å². The van der Waals surface area contributed by atoms with Crippen molar-refractivity contribution in [1.29, 1.82) is 0 Å². The van der Waals surface area contributed by atoms with Crippen molar-refractivity contribution in [2.75, 3.05) is 0 Å². The summed E-state index contributed by atoms with van der Waals surface area (Å²) >= 11 is 0. The summed E-state index contributed by atoms with van der Waals surface area (Å²) in [6.45, 7) is 12.9. The average Bonchev–Trinajstić information content (AvgIpc) is 2.83. The van der Waals surface area contributed by atoms with Crippen LogP contribution in [0.15, 0.2) is 42.0 Å². The van der Waals surface area contributed by atoms with Crippen LogP contribution in [0.25, 0.3) is 0 Å². The average molecular weight is 408 g/mol. The molecule has 23 heavy (non-hydrogen) atoms. The van der Waals surface area contributed by atoms with Crippen LogP contribution < -0.4 is 0 Å². The van der Waals surface area contributed by atoms with Gasteiger partial charge < -0.3 is 5.11 Å². The summed E-state index contributed by atoms with van der Waals surface area (Å²) < 4.78 is 0. The van der Waals surface area contributed by atoms with Crippen molar-refractivity contribution < 1.29 is 26.8 Å². The van der Waals surface area contributed by atoms with Crippen molar-refractivity contribution in [3.8, 4) is 5.75 Å². The second-order valence-electron chi connectivity index (χ2n) is 5.79. The predicted octanol–water partition coefficient (Wildman–Crippen LogP) is 6.05. The van der Waals surface area contributed by atoms with Crippen molar-refractivity contribution in [2.45, 2.75) is 47.2 Å². The van der Waals surface area contributed by atoms with Crippen molar-refractivity contribution in [2.24, 2.45) is 5.41 Å². The SMILES string of the molecule is CC(C)(C)C1=[C-]CC=C1.C[Si]C.Cc1cccc(O)c1.Cl.Cl.[Ti]. The van der Waals surface area contributed by atoms with E-state index in [0.29, 0.717) is 11.2 Å². The Balaban J connectivity index is -0.000000121. The maximum Gasteiger partial charge on any atom is 0.115 e. The summed E-state index contributed by atoms with van der Waals surface area (Å²) in [6.07, 6.45) is 8.63. The smallest absolute Gasteiger partial charge is 0.115 e. The maximum atomic E-state index is 8.81. The number of halogens is 2. The maximum absolute atomic E-state index is 8.81. The molecule has 0 atom stereocenters. The van der Waals surface area contributed by atoms with Crippen LogP contribution in [0.4, 0.5) is 0 Å². The second-order valence-corrected chi connectivity index (χ2v) is 6.79. The van der Waals surface area contributed by atoms with E-state index in [0.717, 1.165) is 21.5 Å². The van der Waals surface area contributed by atoms with Gasteiger partial charge in [-0.05, 0) is 30.0 Å². The van der Waals surface area contributed by atoms with Gasteiger partial charge in [-0.3, -0.25) is 6.08 Å². The fraction of sp³-hybridized carbons (Fsp3) is 0.444. The third kappa shape index (κ3) is 16.6. The van der Waals surface area contributed by atoms with E-state index >= 15 is 0 Å². The van der Waals surface area contributed by atoms with E-state index in [1.807, 2.05) is 19.1 Å². The molecule has 0 aromatic heterocycles. The van der Waals surface area contributed by atoms with E-state index in [9.17, 15) is 0 Å². The molecule has 2 radical (unpaired) electrons. The first-order valence-corrected chi connectivity index (χ1v) is 8.93. The number of aromatic hydroxyl groups is 1. The van der Waals surface area contributed by atoms with E-state index in [1.54, 1.807) is 12.1 Å². The van der Waals surface area contributed by atoms with E-state index in [1.165, 1.54) is 5.57 Å². The number of benzene rings is 1. The van der Waals surface area contributed by atoms with Gasteiger partial charge in [0.2, 0.25) is 0 Å². The zero-order chi connectivity index (χ0) is 15.6. The van der Waals surface area contributed by atoms with Gasteiger partial charge in [-0.25, -0.2) is 11.6 Å². The van der Waals surface area contributed by atoms with Crippen LogP contribution in [-0.2, 0) is 21.7 Å². The van der Waals surface area contributed by atoms with E-state index < -0.39 is 0 Å². The Morgan fingerprint density at radius 1 is 1.13 bits per heavy atom. The Kier molecular flexibility index (Phi) is 22.6. The van der Waals surface area contributed by atoms with Gasteiger partial charge in [-0.1, -0.05) is 46.0 Å². The molecule has 130 valence electrons. The van der Waals surface area contributed by atoms with Crippen molar-refractivity contribution in [3.63, 3.8) is 0 Å². The Bertz CT molecular complexity index is 437. The van der Waals surface area contributed by atoms with Gasteiger partial charge in [0.25, 0.3) is 0 Å². The van der Waals surface area contributed by atoms with Gasteiger partial charge in [-0.2, -0.15) is 6.08 Å². The molecule has 1 aliphatic carbocycles. The van der Waals surface area contributed by atoms with Crippen LogP contribution in [0.3, 0.4) is 0 Å². The van der Waals surface area contributed by atoms with Crippen molar-refractivity contribution in [3.05, 3.63) is 53.6 Å². The molecule has 0 heterocycles. The van der Waals surface area contributed by atoms with Crippen LogP contribution in [0.2, 0.25) is 13.1 Å². The molecule has 0 spiro atoms. The molecule has 0 saturated heterocycles. The molecule has 1 aliphatic rings. The molecule has 0 fully saturated rings. The largest absolute Gasteiger partial charge is 0.508 e. The fourth-order valence-electron chi connectivity index (χ4n) is 1.55. The number of hydrogen-bond acceptors (Lipinski definition) is 1. The molecule has 1 N–H and O–H groups in total. The molecule has 0 aliphatic heterocycles. The Morgan fingerprint density at radius 2 is 1.65 bits per heavy atom. The molecule has 1 nitrogen and oxygen atoms in total. The summed E-state index contributed by atoms with van der Waals surface area (Å²) in [5.74, 6) is 0.338. The Hall–Kier alpha value is 0.0112. The Morgan fingerprint density at radius 3 is 1.87 bits per heavy atom. The zero-order valence-electron chi connectivity index (χ0n) is 14.9. The van der Waals surface area contributed by atoms with Crippen LogP contribution in [0.1, 0.15) is 32.8 Å². The summed E-state index contributed by atoms with van der Waals surface area (Å²) in [7, 11) is 1.08. The fourth-order valence-corrected chi connectivity index (χ4v) is 1.55. The molecule has 2 rings (SSSR count). The minimum atomic E-state index is 0. The standard InChI is InChI=1S/C9H13.C7H8O.C2H6Si.2ClH.Ti/c1-9(2,3)8-6-4-5-7-8;1-6-3-2-4-7(8)5-6;1-3-2;;;/h4,6H,5H2,1-3H3;2-5,8H,1H3;1-2H3;2*1H;/q-1;;;;;. The van der Waals surface area contributed by atoms with Crippen LogP contribution >= 0.6 is 24.8 Å². The van der Waals surface area contributed by atoms with Crippen LogP contribution in [-0.4, -0.2) is 14.6 Å². The summed E-state index contributed by atoms with van der Waals surface area (Å²) in [6, 6.07) is 7.15. The minimum Gasteiger partial charge on any atom is -0.508 e. The van der Waals surface area contributed by atoms with Crippen LogP contribution in [0, 0.1) is 18.4 Å². The third-order valence-electron chi connectivity index (χ3n) is 2.50. The number of allylic oxidation sites excluding steroid dienone is 4. The van der Waals surface area contributed by atoms with Gasteiger partial charge in [0.1, 0.15) is 5.75 Å². The molecule has 1 aromatic carbocycles. The zero-order valence-corrected chi connectivity index (χ0v) is 19.1. The molecule has 0 saturated carbocycles. The van der Waals surface area contributed by atoms with Gasteiger partial charge in [0, 0.05) is 31.2 Å². The van der Waals surface area contributed by atoms with E-state index in [4.69, 9.17) is 5.11 Å². The topological polar surface area (TPSA) is 20.2 Å². The summed E-state index contributed by atoms with van der Waals surface area (Å²) in [5.41, 5.74) is 2.74. The first kappa shape index (κ1) is 30.8. The van der Waals surface area contributed by atoms with Gasteiger partial charge >= 0.3 is 0 Å². The number of phenolic OH excluding ortho intramolecular Hbond substituents is 1. The predicted molar refractivity (Wildman–Crippen MR) is 105 cm³/mol. The monoisotopic (exact) mass is 407 g/mol. The van der Waals surface area contributed by atoms with Gasteiger partial charge in [0.15, 0.2) is 0 Å². The number of phenols is 1. The molecular weight excluding hydrogens is 379 g/mol. The number of rotatable bonds is 0. The molecule has 0 amide bonds. The first-order chi connectivity index (χ1) is 9.31. The van der Waals surface area contributed by atoms with Gasteiger partial charge in [0.05, 0.1) is 0 Å². The minimum absolute atomic E-state index is 0. The normalized spacial score (nSPS) is 11.1. The second kappa shape index (κ2) is 16.9. The summed E-state index contributed by atoms with van der Waals surface area (Å²) in [5, 5.41) is 8.81. The first-order valence-electron chi connectivity index (χ1n) is 6.93. The molecular formula is C18H29Cl2OSiTi-. The van der Waals surface area contributed by atoms with Crippen molar-refractivity contribution in [1.82, 2.24) is 0 Å². The molecule has 1 aromatic rings. The molecule has 0 bridgehead atoms. The molecule has 0 unspecified atom stereocenters. The summed E-state index contributed by atoms with van der Waals surface area (Å²) in [4.78, 5) is 0. The third-order valence-corrected chi connectivity index (χ3v) is 2.50. The van der Waals surface area contributed by atoms with E-state index in [2.05, 4.69) is 52.1 Å². The number of aryl methyl sites for hydroxylation is 1. The Labute approximate surface area is 172 Å². The van der Waals surface area contributed by atoms with Crippen molar-refractivity contribution >= 4 is 34.3 Å². The quantitative estimate of drug-likeness (QED) is 0.409. The van der Waals surface area contributed by atoms with Crippen LogP contribution in [0.5, 0.6) is 5.75 Å². The molecule has 5 heteroatoms. The number of hydrogen-bond donors (Lipinski definition) is 1. The van der Waals surface area contributed by atoms with Gasteiger partial charge in [-0.15, -0.1) is 31.2 Å².